The Hall–Kier alpha value is -1.84. The van der Waals surface area contributed by atoms with Gasteiger partial charge in [-0.05, 0) is 18.6 Å². The second-order valence-electron chi connectivity index (χ2n) is 3.31. The van der Waals surface area contributed by atoms with E-state index in [9.17, 15) is 4.79 Å². The Bertz CT molecular complexity index is 514. The van der Waals surface area contributed by atoms with Crippen LogP contribution < -0.4 is 5.73 Å². The van der Waals surface area contributed by atoms with E-state index in [-0.39, 0.29) is 5.78 Å². The number of aryl methyl sites for hydroxylation is 1. The van der Waals surface area contributed by atoms with Crippen molar-refractivity contribution in [3.8, 4) is 0 Å². The van der Waals surface area contributed by atoms with E-state index >= 15 is 0 Å². The van der Waals surface area contributed by atoms with Gasteiger partial charge in [0.25, 0.3) is 0 Å². The third kappa shape index (κ3) is 1.91. The van der Waals surface area contributed by atoms with Gasteiger partial charge < -0.3 is 5.73 Å². The van der Waals surface area contributed by atoms with Crippen molar-refractivity contribution in [1.82, 2.24) is 9.38 Å². The number of pyridine rings is 1. The van der Waals surface area contributed by atoms with E-state index in [1.54, 1.807) is 10.7 Å². The van der Waals surface area contributed by atoms with E-state index in [0.717, 1.165) is 11.1 Å². The monoisotopic (exact) mass is 219 g/mol. The zero-order chi connectivity index (χ0) is 12.3. The van der Waals surface area contributed by atoms with Crippen LogP contribution in [0.1, 0.15) is 36.8 Å². The van der Waals surface area contributed by atoms with E-state index in [4.69, 9.17) is 5.73 Å². The molecule has 2 rings (SSSR count). The maximum absolute atomic E-state index is 11.2. The Morgan fingerprint density at radius 2 is 2.00 bits per heavy atom. The van der Waals surface area contributed by atoms with Crippen molar-refractivity contribution in [2.75, 3.05) is 5.73 Å². The van der Waals surface area contributed by atoms with Crippen molar-refractivity contribution >= 4 is 17.1 Å². The molecule has 2 heterocycles. The minimum atomic E-state index is -0.0456. The first-order valence-corrected chi connectivity index (χ1v) is 5.34. The highest BCUT2D eigenvalue weighted by molar-refractivity contribution is 5.99. The first-order valence-electron chi connectivity index (χ1n) is 5.34. The average molecular weight is 219 g/mol. The molecule has 86 valence electrons. The maximum Gasteiger partial charge on any atom is 0.180 e. The van der Waals surface area contributed by atoms with Gasteiger partial charge in [0.15, 0.2) is 5.78 Å². The van der Waals surface area contributed by atoms with E-state index in [1.165, 1.54) is 6.92 Å². The van der Waals surface area contributed by atoms with E-state index in [2.05, 4.69) is 4.98 Å². The smallest absolute Gasteiger partial charge is 0.180 e. The van der Waals surface area contributed by atoms with Crippen molar-refractivity contribution in [3.05, 3.63) is 29.7 Å². The Morgan fingerprint density at radius 1 is 1.38 bits per heavy atom. The van der Waals surface area contributed by atoms with Gasteiger partial charge >= 0.3 is 0 Å². The fourth-order valence-electron chi connectivity index (χ4n) is 1.46. The molecule has 4 nitrogen and oxygen atoms in total. The summed E-state index contributed by atoms with van der Waals surface area (Å²) in [7, 11) is 0. The predicted molar refractivity (Wildman–Crippen MR) is 65.7 cm³/mol. The summed E-state index contributed by atoms with van der Waals surface area (Å²) in [4.78, 5) is 15.2. The standard InChI is InChI=1S/C10H11N3O.C2H6/c1-6-3-4-8-9(7(2)14)12-5-13(8)10(6)11;1-2/h3-5H,11H2,1-2H3;1-2H3. The number of hydrogen-bond acceptors (Lipinski definition) is 3. The summed E-state index contributed by atoms with van der Waals surface area (Å²) >= 11 is 0. The number of ketones is 1. The van der Waals surface area contributed by atoms with E-state index in [1.807, 2.05) is 32.9 Å². The summed E-state index contributed by atoms with van der Waals surface area (Å²) in [6.07, 6.45) is 1.58. The number of imidazole rings is 1. The molecule has 16 heavy (non-hydrogen) atoms. The number of Topliss-reactive ketones (excluding diaryl/α,β-unsaturated/α-hetero) is 1. The molecule has 0 saturated carbocycles. The Morgan fingerprint density at radius 3 is 2.56 bits per heavy atom. The van der Waals surface area contributed by atoms with Crippen LogP contribution in [-0.4, -0.2) is 15.2 Å². The summed E-state index contributed by atoms with van der Waals surface area (Å²) in [5.41, 5.74) is 8.05. The van der Waals surface area contributed by atoms with Crippen LogP contribution in [-0.2, 0) is 0 Å². The average Bonchev–Trinajstić information content (AvgIpc) is 2.71. The number of nitrogen functional groups attached to an aromatic ring is 1. The van der Waals surface area contributed by atoms with Crippen LogP contribution in [0.4, 0.5) is 5.82 Å². The van der Waals surface area contributed by atoms with Crippen LogP contribution in [0, 0.1) is 6.92 Å². The van der Waals surface area contributed by atoms with Gasteiger partial charge in [0.1, 0.15) is 17.8 Å². The summed E-state index contributed by atoms with van der Waals surface area (Å²) in [6, 6.07) is 3.74. The number of rotatable bonds is 1. The zero-order valence-corrected chi connectivity index (χ0v) is 10.1. The summed E-state index contributed by atoms with van der Waals surface area (Å²) < 4.78 is 1.73. The highest BCUT2D eigenvalue weighted by Crippen LogP contribution is 2.17. The van der Waals surface area contributed by atoms with Crippen molar-refractivity contribution in [3.63, 3.8) is 0 Å². The number of nitrogens with zero attached hydrogens (tertiary/aromatic N) is 2. The molecule has 2 aromatic heterocycles. The van der Waals surface area contributed by atoms with Gasteiger partial charge in [-0.15, -0.1) is 0 Å². The van der Waals surface area contributed by atoms with Crippen molar-refractivity contribution < 1.29 is 4.79 Å². The minimum absolute atomic E-state index is 0.0456. The van der Waals surface area contributed by atoms with Crippen molar-refractivity contribution in [2.45, 2.75) is 27.7 Å². The molecule has 0 radical (unpaired) electrons. The molecule has 0 aliphatic heterocycles. The molecule has 2 N–H and O–H groups in total. The molecule has 0 aliphatic rings. The minimum Gasteiger partial charge on any atom is -0.385 e. The van der Waals surface area contributed by atoms with Crippen LogP contribution in [0.3, 0.4) is 0 Å². The topological polar surface area (TPSA) is 60.4 Å². The number of aromatic nitrogens is 2. The fraction of sp³-hybridized carbons (Fsp3) is 0.333. The predicted octanol–water partition coefficient (Wildman–Crippen LogP) is 2.45. The zero-order valence-electron chi connectivity index (χ0n) is 10.1. The first kappa shape index (κ1) is 12.2. The van der Waals surface area contributed by atoms with Gasteiger partial charge in [0.2, 0.25) is 0 Å². The van der Waals surface area contributed by atoms with Gasteiger partial charge in [-0.1, -0.05) is 19.9 Å². The molecule has 0 saturated heterocycles. The molecule has 0 fully saturated rings. The highest BCUT2D eigenvalue weighted by atomic mass is 16.1. The molecule has 0 spiro atoms. The molecule has 0 aliphatic carbocycles. The fourth-order valence-corrected chi connectivity index (χ4v) is 1.46. The Kier molecular flexibility index (Phi) is 3.66. The third-order valence-corrected chi connectivity index (χ3v) is 2.29. The van der Waals surface area contributed by atoms with Crippen LogP contribution in [0.25, 0.3) is 5.52 Å². The maximum atomic E-state index is 11.2. The van der Waals surface area contributed by atoms with Crippen LogP contribution in [0.15, 0.2) is 18.5 Å². The highest BCUT2D eigenvalue weighted by Gasteiger charge is 2.10. The number of hydrogen-bond donors (Lipinski definition) is 1. The number of nitrogens with two attached hydrogens (primary N) is 1. The van der Waals surface area contributed by atoms with Gasteiger partial charge in [0, 0.05) is 6.92 Å². The molecule has 0 bridgehead atoms. The summed E-state index contributed by atoms with van der Waals surface area (Å²) in [5.74, 6) is 0.582. The second-order valence-corrected chi connectivity index (χ2v) is 3.31. The number of fused-ring (bicyclic) bond motifs is 1. The van der Waals surface area contributed by atoms with Crippen LogP contribution >= 0.6 is 0 Å². The van der Waals surface area contributed by atoms with Crippen molar-refractivity contribution in [2.24, 2.45) is 0 Å². The molecular weight excluding hydrogens is 202 g/mol. The summed E-state index contributed by atoms with van der Waals surface area (Å²) in [5, 5.41) is 0. The van der Waals surface area contributed by atoms with Crippen LogP contribution in [0.5, 0.6) is 0 Å². The lowest BCUT2D eigenvalue weighted by atomic mass is 10.2. The second kappa shape index (κ2) is 4.79. The molecular formula is C12H17N3O. The lowest BCUT2D eigenvalue weighted by molar-refractivity contribution is 0.101. The number of carbonyl (C=O) groups excluding carboxylic acids is 1. The third-order valence-electron chi connectivity index (χ3n) is 2.29. The SMILES string of the molecule is CC.CC(=O)c1ncn2c(N)c(C)ccc12. The molecule has 2 aromatic rings. The molecule has 0 amide bonds. The lowest BCUT2D eigenvalue weighted by Crippen LogP contribution is -1.99. The van der Waals surface area contributed by atoms with Gasteiger partial charge in [-0.2, -0.15) is 0 Å². The molecule has 0 unspecified atom stereocenters. The number of anilines is 1. The largest absolute Gasteiger partial charge is 0.385 e. The lowest BCUT2D eigenvalue weighted by Gasteiger charge is -2.03. The van der Waals surface area contributed by atoms with Gasteiger partial charge in [-0.25, -0.2) is 4.98 Å². The Balaban J connectivity index is 0.000000606. The quantitative estimate of drug-likeness (QED) is 0.749. The normalized spacial score (nSPS) is 9.75. The first-order chi connectivity index (χ1) is 7.61. The number of carbonyl (C=O) groups is 1. The van der Waals surface area contributed by atoms with Gasteiger partial charge in [0.05, 0.1) is 5.52 Å². The molecule has 0 aromatic carbocycles. The van der Waals surface area contributed by atoms with Crippen molar-refractivity contribution in [1.29, 1.82) is 0 Å². The van der Waals surface area contributed by atoms with Gasteiger partial charge in [-0.3, -0.25) is 9.20 Å². The van der Waals surface area contributed by atoms with E-state index < -0.39 is 0 Å². The molecule has 0 atom stereocenters. The summed E-state index contributed by atoms with van der Waals surface area (Å²) in [6.45, 7) is 7.42. The Labute approximate surface area is 95.1 Å². The van der Waals surface area contributed by atoms with E-state index in [0.29, 0.717) is 11.5 Å². The molecule has 4 heteroatoms. The van der Waals surface area contributed by atoms with Crippen LogP contribution in [0.2, 0.25) is 0 Å².